The first kappa shape index (κ1) is 7.74. The summed E-state index contributed by atoms with van der Waals surface area (Å²) in [6, 6.07) is 5.91. The topological polar surface area (TPSA) is 38.9 Å². The Morgan fingerprint density at radius 3 is 2.71 bits per heavy atom. The van der Waals surface area contributed by atoms with Crippen molar-refractivity contribution in [3.63, 3.8) is 0 Å². The zero-order valence-corrected chi connectivity index (χ0v) is 7.68. The third-order valence-electron chi connectivity index (χ3n) is 2.48. The number of aromatic nitrogens is 2. The largest absolute Gasteiger partial charge is 0.360 e. The summed E-state index contributed by atoms with van der Waals surface area (Å²) in [6.45, 7) is 0. The van der Waals surface area contributed by atoms with E-state index >= 15 is 0 Å². The lowest BCUT2D eigenvalue weighted by atomic mass is 10.2. The molecular weight excluding hydrogens is 176 g/mol. The van der Waals surface area contributed by atoms with E-state index in [9.17, 15) is 0 Å². The minimum Gasteiger partial charge on any atom is -0.360 e. The third-order valence-corrected chi connectivity index (χ3v) is 2.48. The van der Waals surface area contributed by atoms with Crippen LogP contribution in [-0.4, -0.2) is 10.1 Å². The predicted octanol–water partition coefficient (Wildman–Crippen LogP) is 2.61. The molecule has 0 amide bonds. The van der Waals surface area contributed by atoms with Gasteiger partial charge in [0, 0.05) is 29.9 Å². The molecule has 3 rings (SSSR count). The highest BCUT2D eigenvalue weighted by molar-refractivity contribution is 5.57. The van der Waals surface area contributed by atoms with Gasteiger partial charge < -0.3 is 4.52 Å². The zero-order valence-electron chi connectivity index (χ0n) is 7.68. The first-order valence-corrected chi connectivity index (χ1v) is 4.80. The lowest BCUT2D eigenvalue weighted by molar-refractivity contribution is 0.386. The molecule has 0 radical (unpaired) electrons. The minimum absolute atomic E-state index is 0.623. The summed E-state index contributed by atoms with van der Waals surface area (Å²) in [7, 11) is 0. The van der Waals surface area contributed by atoms with Crippen molar-refractivity contribution >= 4 is 0 Å². The molecule has 0 N–H and O–H groups in total. The Morgan fingerprint density at radius 1 is 1.21 bits per heavy atom. The highest BCUT2D eigenvalue weighted by Crippen LogP contribution is 2.41. The van der Waals surface area contributed by atoms with Crippen LogP contribution in [0.25, 0.3) is 11.3 Å². The molecule has 0 aliphatic heterocycles. The summed E-state index contributed by atoms with van der Waals surface area (Å²) in [4.78, 5) is 3.97. The van der Waals surface area contributed by atoms with E-state index in [4.69, 9.17) is 4.52 Å². The van der Waals surface area contributed by atoms with Crippen LogP contribution in [-0.2, 0) is 0 Å². The second-order valence-corrected chi connectivity index (χ2v) is 3.62. The van der Waals surface area contributed by atoms with Crippen LogP contribution < -0.4 is 0 Å². The summed E-state index contributed by atoms with van der Waals surface area (Å²) in [5.74, 6) is 1.65. The molecule has 0 unspecified atom stereocenters. The average molecular weight is 186 g/mol. The molecule has 0 aromatic carbocycles. The fourth-order valence-electron chi connectivity index (χ4n) is 1.51. The number of rotatable bonds is 2. The van der Waals surface area contributed by atoms with Gasteiger partial charge >= 0.3 is 0 Å². The van der Waals surface area contributed by atoms with Crippen LogP contribution >= 0.6 is 0 Å². The van der Waals surface area contributed by atoms with E-state index in [0.29, 0.717) is 5.92 Å². The Kier molecular flexibility index (Phi) is 1.63. The Morgan fingerprint density at radius 2 is 2.00 bits per heavy atom. The van der Waals surface area contributed by atoms with Gasteiger partial charge in [0.15, 0.2) is 0 Å². The van der Waals surface area contributed by atoms with Gasteiger partial charge in [-0.05, 0) is 25.0 Å². The maximum atomic E-state index is 5.27. The van der Waals surface area contributed by atoms with Gasteiger partial charge in [-0.3, -0.25) is 4.98 Å². The van der Waals surface area contributed by atoms with Crippen LogP contribution in [0.1, 0.15) is 24.5 Å². The van der Waals surface area contributed by atoms with Crippen molar-refractivity contribution in [2.24, 2.45) is 0 Å². The summed E-state index contributed by atoms with van der Waals surface area (Å²) < 4.78 is 5.27. The summed E-state index contributed by atoms with van der Waals surface area (Å²) in [5.41, 5.74) is 1.98. The van der Waals surface area contributed by atoms with Gasteiger partial charge in [0.1, 0.15) is 11.5 Å². The minimum atomic E-state index is 0.623. The zero-order chi connectivity index (χ0) is 9.38. The van der Waals surface area contributed by atoms with E-state index in [2.05, 4.69) is 10.1 Å². The molecule has 0 saturated heterocycles. The lowest BCUT2D eigenvalue weighted by Crippen LogP contribution is -1.76. The van der Waals surface area contributed by atoms with Crippen molar-refractivity contribution in [3.05, 3.63) is 36.4 Å². The SMILES string of the molecule is c1cc(-c2cc(C3CC3)on2)ccn1. The summed E-state index contributed by atoms with van der Waals surface area (Å²) >= 11 is 0. The molecule has 70 valence electrons. The fraction of sp³-hybridized carbons (Fsp3) is 0.273. The number of hydrogen-bond acceptors (Lipinski definition) is 3. The maximum absolute atomic E-state index is 5.27. The summed E-state index contributed by atoms with van der Waals surface area (Å²) in [6.07, 6.45) is 6.01. The molecular formula is C11H10N2O. The van der Waals surface area contributed by atoms with Crippen molar-refractivity contribution in [1.29, 1.82) is 0 Å². The first-order valence-electron chi connectivity index (χ1n) is 4.80. The second-order valence-electron chi connectivity index (χ2n) is 3.62. The van der Waals surface area contributed by atoms with Crippen LogP contribution in [0.2, 0.25) is 0 Å². The molecule has 1 fully saturated rings. The molecule has 14 heavy (non-hydrogen) atoms. The Bertz CT molecular complexity index is 432. The van der Waals surface area contributed by atoms with Crippen molar-refractivity contribution in [3.8, 4) is 11.3 Å². The van der Waals surface area contributed by atoms with E-state index in [1.165, 1.54) is 12.8 Å². The standard InChI is InChI=1S/C11H10N2O/c1-2-9(1)11-7-10(13-14-11)8-3-5-12-6-4-8/h3-7,9H,1-2H2. The van der Waals surface area contributed by atoms with Gasteiger partial charge in [-0.2, -0.15) is 0 Å². The lowest BCUT2D eigenvalue weighted by Gasteiger charge is -1.90. The van der Waals surface area contributed by atoms with Gasteiger partial charge in [-0.1, -0.05) is 5.16 Å². The summed E-state index contributed by atoms with van der Waals surface area (Å²) in [5, 5.41) is 4.04. The van der Waals surface area contributed by atoms with E-state index in [1.807, 2.05) is 18.2 Å². The van der Waals surface area contributed by atoms with Gasteiger partial charge in [0.25, 0.3) is 0 Å². The molecule has 1 aliphatic carbocycles. The molecule has 2 heterocycles. The molecule has 2 aromatic heterocycles. The van der Waals surface area contributed by atoms with Crippen LogP contribution in [0.15, 0.2) is 35.1 Å². The molecule has 1 saturated carbocycles. The van der Waals surface area contributed by atoms with Crippen molar-refractivity contribution in [2.45, 2.75) is 18.8 Å². The monoisotopic (exact) mass is 186 g/mol. The van der Waals surface area contributed by atoms with E-state index < -0.39 is 0 Å². The molecule has 0 atom stereocenters. The molecule has 3 heteroatoms. The third kappa shape index (κ3) is 1.31. The van der Waals surface area contributed by atoms with Crippen molar-refractivity contribution in [2.75, 3.05) is 0 Å². The van der Waals surface area contributed by atoms with Crippen molar-refractivity contribution in [1.82, 2.24) is 10.1 Å². The van der Waals surface area contributed by atoms with E-state index in [1.54, 1.807) is 12.4 Å². The molecule has 2 aromatic rings. The van der Waals surface area contributed by atoms with E-state index in [0.717, 1.165) is 17.0 Å². The second kappa shape index (κ2) is 2.94. The fourth-order valence-corrected chi connectivity index (χ4v) is 1.51. The van der Waals surface area contributed by atoms with Gasteiger partial charge in [0.05, 0.1) is 0 Å². The predicted molar refractivity (Wildman–Crippen MR) is 51.7 cm³/mol. The van der Waals surface area contributed by atoms with Crippen molar-refractivity contribution < 1.29 is 4.52 Å². The number of nitrogens with zero attached hydrogens (tertiary/aromatic N) is 2. The molecule has 0 spiro atoms. The quantitative estimate of drug-likeness (QED) is 0.723. The van der Waals surface area contributed by atoms with E-state index in [-0.39, 0.29) is 0 Å². The van der Waals surface area contributed by atoms with Crippen LogP contribution in [0.5, 0.6) is 0 Å². The number of pyridine rings is 1. The highest BCUT2D eigenvalue weighted by atomic mass is 16.5. The smallest absolute Gasteiger partial charge is 0.140 e. The first-order chi connectivity index (χ1) is 6.93. The molecule has 1 aliphatic rings. The van der Waals surface area contributed by atoms with Crippen LogP contribution in [0, 0.1) is 0 Å². The van der Waals surface area contributed by atoms with Gasteiger partial charge in [0.2, 0.25) is 0 Å². The Labute approximate surface area is 81.8 Å². The highest BCUT2D eigenvalue weighted by Gasteiger charge is 2.27. The molecule has 3 nitrogen and oxygen atoms in total. The van der Waals surface area contributed by atoms with Crippen LogP contribution in [0.4, 0.5) is 0 Å². The van der Waals surface area contributed by atoms with Crippen LogP contribution in [0.3, 0.4) is 0 Å². The average Bonchev–Trinajstić information content (AvgIpc) is 2.98. The Hall–Kier alpha value is -1.64. The van der Waals surface area contributed by atoms with Gasteiger partial charge in [-0.25, -0.2) is 0 Å². The maximum Gasteiger partial charge on any atom is 0.140 e. The van der Waals surface area contributed by atoms with Gasteiger partial charge in [-0.15, -0.1) is 0 Å². The number of hydrogen-bond donors (Lipinski definition) is 0. The molecule has 0 bridgehead atoms. The Balaban J connectivity index is 1.96. The normalized spacial score (nSPS) is 15.7.